The van der Waals surface area contributed by atoms with Gasteiger partial charge in [0, 0.05) is 0 Å². The molecule has 1 heterocycles. The summed E-state index contributed by atoms with van der Waals surface area (Å²) in [6, 6.07) is 0. The van der Waals surface area contributed by atoms with Crippen LogP contribution in [0.5, 0.6) is 0 Å². The summed E-state index contributed by atoms with van der Waals surface area (Å²) in [5.74, 6) is 0. The molecule has 1 atom stereocenters. The lowest BCUT2D eigenvalue weighted by Gasteiger charge is -2.33. The van der Waals surface area contributed by atoms with E-state index in [1.165, 1.54) is 0 Å². The Morgan fingerprint density at radius 2 is 2.08 bits per heavy atom. The molecule has 7 heteroatoms. The lowest BCUT2D eigenvalue weighted by Crippen LogP contribution is -2.48. The van der Waals surface area contributed by atoms with Gasteiger partial charge in [0.1, 0.15) is 6.29 Å². The minimum atomic E-state index is -1.88. The van der Waals surface area contributed by atoms with E-state index in [0.717, 1.165) is 6.42 Å². The van der Waals surface area contributed by atoms with Gasteiger partial charge in [-0.25, -0.2) is 4.29 Å². The molecule has 1 aliphatic heterocycles. The van der Waals surface area contributed by atoms with Crippen molar-refractivity contribution in [2.75, 3.05) is 0 Å². The first-order valence-corrected chi connectivity index (χ1v) is 5.76. The third-order valence-corrected chi connectivity index (χ3v) is 3.33. The highest BCUT2D eigenvalue weighted by molar-refractivity contribution is 6.38. The Morgan fingerprint density at radius 3 is 2.46 bits per heavy atom. The summed E-state index contributed by atoms with van der Waals surface area (Å²) < 4.78 is 20.3. The zero-order valence-electron chi connectivity index (χ0n) is 7.66. The number of halogens is 1. The normalized spacial score (nSPS) is 19.2. The zero-order chi connectivity index (χ0) is 8.97. The van der Waals surface area contributed by atoms with Gasteiger partial charge >= 0.3 is 15.1 Å². The largest absolute Gasteiger partial charge is 0.910 e. The molecule has 1 rings (SSSR count). The van der Waals surface area contributed by atoms with E-state index >= 15 is 0 Å². The van der Waals surface area contributed by atoms with Gasteiger partial charge in [0.2, 0.25) is 0 Å². The highest BCUT2D eigenvalue weighted by Gasteiger charge is 2.47. The van der Waals surface area contributed by atoms with Crippen molar-refractivity contribution in [2.24, 2.45) is 0 Å². The first-order chi connectivity index (χ1) is 5.80. The molecule has 0 amide bonds. The smallest absolute Gasteiger partial charge is 0.432 e. The lowest BCUT2D eigenvalue weighted by molar-refractivity contribution is -0.180. The van der Waals surface area contributed by atoms with Gasteiger partial charge in [-0.15, -0.1) is 0 Å². The lowest BCUT2D eigenvalue weighted by atomic mass is 10.5. The van der Waals surface area contributed by atoms with Crippen molar-refractivity contribution in [1.29, 1.82) is 0 Å². The van der Waals surface area contributed by atoms with Crippen molar-refractivity contribution in [1.82, 2.24) is 0 Å². The molecule has 0 aromatic rings. The third kappa shape index (κ3) is 4.11. The molecule has 0 saturated carbocycles. The van der Waals surface area contributed by atoms with E-state index in [9.17, 15) is 0 Å². The van der Waals surface area contributed by atoms with E-state index in [2.05, 4.69) is 4.29 Å². The predicted octanol–water partition coefficient (Wildman–Crippen LogP) is 0.853. The maximum atomic E-state index is 5.28. The van der Waals surface area contributed by atoms with E-state index in [0.29, 0.717) is 6.42 Å². The van der Waals surface area contributed by atoms with E-state index in [1.807, 2.05) is 13.8 Å². The van der Waals surface area contributed by atoms with Crippen LogP contribution in [0.25, 0.3) is 0 Å². The molecule has 0 bridgehead atoms. The summed E-state index contributed by atoms with van der Waals surface area (Å²) in [6.07, 6.45) is 1.07. The SMILES string of the molecule is CCC(OCl)[O][Al]1[O]C(CC)[O]1.O. The highest BCUT2D eigenvalue weighted by Crippen LogP contribution is 2.19. The minimum Gasteiger partial charge on any atom is -0.432 e. The van der Waals surface area contributed by atoms with Crippen molar-refractivity contribution in [3.63, 3.8) is 0 Å². The van der Waals surface area contributed by atoms with Crippen LogP contribution in [0.2, 0.25) is 0 Å². The monoisotopic (exact) mass is 228 g/mol. The summed E-state index contributed by atoms with van der Waals surface area (Å²) in [5.41, 5.74) is 0. The fraction of sp³-hybridized carbons (Fsp3) is 1.00. The van der Waals surface area contributed by atoms with Crippen molar-refractivity contribution in [2.45, 2.75) is 39.3 Å². The highest BCUT2D eigenvalue weighted by atomic mass is 35.5. The van der Waals surface area contributed by atoms with Gasteiger partial charge in [0.05, 0.1) is 11.9 Å². The van der Waals surface area contributed by atoms with Crippen LogP contribution in [0.4, 0.5) is 0 Å². The Morgan fingerprint density at radius 1 is 1.46 bits per heavy atom. The molecule has 2 N–H and O–H groups in total. The molecule has 0 spiro atoms. The maximum Gasteiger partial charge on any atom is 0.910 e. The first kappa shape index (κ1) is 13.6. The van der Waals surface area contributed by atoms with E-state index in [-0.39, 0.29) is 11.8 Å². The van der Waals surface area contributed by atoms with E-state index < -0.39 is 21.4 Å². The van der Waals surface area contributed by atoms with Gasteiger partial charge in [-0.05, 0) is 12.8 Å². The van der Waals surface area contributed by atoms with Crippen LogP contribution in [0, 0.1) is 0 Å². The Balaban J connectivity index is 0.00000144. The summed E-state index contributed by atoms with van der Waals surface area (Å²) in [7, 11) is 0. The van der Waals surface area contributed by atoms with Gasteiger partial charge in [0.15, 0.2) is 6.29 Å². The molecule has 0 aromatic heterocycles. The van der Waals surface area contributed by atoms with Crippen LogP contribution in [-0.2, 0) is 15.7 Å². The molecular formula is C6H14AlClO5. The van der Waals surface area contributed by atoms with Gasteiger partial charge in [-0.2, -0.15) is 0 Å². The van der Waals surface area contributed by atoms with Crippen molar-refractivity contribution >= 4 is 27.0 Å². The standard InChI is InChI=1S/C3H6ClO2.C3H6O2.Al.H2O/c1-2-3(5)6-4;1-2-3(4)5;;/h3H,2H2,1H3;3H,2H2,1H3;;1H2/q-1;-2;+3;. The minimum absolute atomic E-state index is 0. The van der Waals surface area contributed by atoms with Crippen LogP contribution >= 0.6 is 11.9 Å². The molecule has 0 aliphatic carbocycles. The fourth-order valence-electron chi connectivity index (χ4n) is 0.819. The molecule has 78 valence electrons. The van der Waals surface area contributed by atoms with Crippen molar-refractivity contribution in [3.8, 4) is 0 Å². The Bertz CT molecular complexity index is 128. The molecule has 13 heavy (non-hydrogen) atoms. The number of hydrogen-bond acceptors (Lipinski definition) is 4. The molecule has 1 unspecified atom stereocenters. The molecule has 1 aliphatic rings. The second-order valence-electron chi connectivity index (χ2n) is 2.46. The fourth-order valence-corrected chi connectivity index (χ4v) is 2.58. The molecule has 0 radical (unpaired) electrons. The molecule has 5 nitrogen and oxygen atoms in total. The molecule has 1 fully saturated rings. The number of rotatable bonds is 5. The maximum absolute atomic E-state index is 5.28. The van der Waals surface area contributed by atoms with Crippen molar-refractivity contribution in [3.05, 3.63) is 0 Å². The summed E-state index contributed by atoms with van der Waals surface area (Å²) in [4.78, 5) is 0. The van der Waals surface area contributed by atoms with E-state index in [1.54, 1.807) is 0 Å². The van der Waals surface area contributed by atoms with Crippen molar-refractivity contribution < 1.29 is 21.1 Å². The molecule has 1 saturated heterocycles. The first-order valence-electron chi connectivity index (χ1n) is 4.03. The van der Waals surface area contributed by atoms with E-state index in [4.69, 9.17) is 23.2 Å². The van der Waals surface area contributed by atoms with Crippen LogP contribution in [0.1, 0.15) is 26.7 Å². The van der Waals surface area contributed by atoms with Gasteiger partial charge in [-0.1, -0.05) is 13.8 Å². The molecular weight excluding hydrogens is 214 g/mol. The average Bonchev–Trinajstić information content (AvgIpc) is 2.03. The summed E-state index contributed by atoms with van der Waals surface area (Å²) in [5, 5.41) is 0. The van der Waals surface area contributed by atoms with Crippen LogP contribution in [-0.4, -0.2) is 33.2 Å². The second kappa shape index (κ2) is 6.99. The Hall–Kier alpha value is 0.622. The Labute approximate surface area is 87.7 Å². The third-order valence-electron chi connectivity index (χ3n) is 1.55. The second-order valence-corrected chi connectivity index (χ2v) is 4.03. The Kier molecular flexibility index (Phi) is 7.32. The topological polar surface area (TPSA) is 68.4 Å². The van der Waals surface area contributed by atoms with Crippen LogP contribution in [0.15, 0.2) is 0 Å². The predicted molar refractivity (Wildman–Crippen MR) is 47.7 cm³/mol. The quantitative estimate of drug-likeness (QED) is 0.517. The van der Waals surface area contributed by atoms with Gasteiger partial charge in [0.25, 0.3) is 0 Å². The summed E-state index contributed by atoms with van der Waals surface area (Å²) in [6.45, 7) is 3.90. The van der Waals surface area contributed by atoms with Gasteiger partial charge < -0.3 is 16.8 Å². The molecule has 0 aromatic carbocycles. The number of hydrogen-bond donors (Lipinski definition) is 0. The van der Waals surface area contributed by atoms with Gasteiger partial charge in [-0.3, -0.25) is 0 Å². The zero-order valence-corrected chi connectivity index (χ0v) is 9.57. The summed E-state index contributed by atoms with van der Waals surface area (Å²) >= 11 is 3.27. The van der Waals surface area contributed by atoms with Crippen LogP contribution < -0.4 is 0 Å². The average molecular weight is 229 g/mol. The van der Waals surface area contributed by atoms with Crippen LogP contribution in [0.3, 0.4) is 0 Å².